The van der Waals surface area contributed by atoms with Gasteiger partial charge in [-0.05, 0) is 30.2 Å². The standard InChI is InChI=1S/C20H26FN7O/c1-23-19(27-9-11-28(12-10-27)20-24-7-2-8-25-20)26-14-16(18(22)29)13-15-3-5-17(21)6-4-15/h2-8,16H,9-14H2,1H3,(H2,22,29)(H,23,26). The smallest absolute Gasteiger partial charge is 0.225 e. The highest BCUT2D eigenvalue weighted by molar-refractivity contribution is 5.82. The van der Waals surface area contributed by atoms with Crippen molar-refractivity contribution in [2.45, 2.75) is 6.42 Å². The molecule has 0 spiro atoms. The zero-order chi connectivity index (χ0) is 20.6. The van der Waals surface area contributed by atoms with E-state index in [-0.39, 0.29) is 5.82 Å². The number of benzene rings is 1. The van der Waals surface area contributed by atoms with E-state index in [9.17, 15) is 9.18 Å². The number of carbonyl (C=O) groups excluding carboxylic acids is 1. The quantitative estimate of drug-likeness (QED) is 0.547. The van der Waals surface area contributed by atoms with Crippen LogP contribution >= 0.6 is 0 Å². The van der Waals surface area contributed by atoms with Crippen molar-refractivity contribution in [3.05, 3.63) is 54.1 Å². The Morgan fingerprint density at radius 3 is 2.45 bits per heavy atom. The summed E-state index contributed by atoms with van der Waals surface area (Å²) >= 11 is 0. The van der Waals surface area contributed by atoms with E-state index in [1.165, 1.54) is 12.1 Å². The number of piperazine rings is 1. The first-order chi connectivity index (χ1) is 14.1. The lowest BCUT2D eigenvalue weighted by molar-refractivity contribution is -0.121. The van der Waals surface area contributed by atoms with Gasteiger partial charge in [0.25, 0.3) is 0 Å². The average Bonchev–Trinajstić information content (AvgIpc) is 2.75. The Bertz CT molecular complexity index is 820. The van der Waals surface area contributed by atoms with Gasteiger partial charge in [-0.25, -0.2) is 14.4 Å². The van der Waals surface area contributed by atoms with Gasteiger partial charge < -0.3 is 20.9 Å². The van der Waals surface area contributed by atoms with Crippen molar-refractivity contribution in [1.29, 1.82) is 0 Å². The first-order valence-electron chi connectivity index (χ1n) is 9.58. The lowest BCUT2D eigenvalue weighted by Crippen LogP contribution is -2.54. The third kappa shape index (κ3) is 5.63. The van der Waals surface area contributed by atoms with Crippen LogP contribution in [-0.2, 0) is 11.2 Å². The van der Waals surface area contributed by atoms with Crippen molar-refractivity contribution in [2.75, 3.05) is 44.7 Å². The number of hydrogen-bond acceptors (Lipinski definition) is 5. The molecule has 0 bridgehead atoms. The summed E-state index contributed by atoms with van der Waals surface area (Å²) in [5, 5.41) is 3.26. The molecule has 1 aliphatic heterocycles. The number of amides is 1. The second-order valence-electron chi connectivity index (χ2n) is 6.88. The monoisotopic (exact) mass is 399 g/mol. The fourth-order valence-electron chi connectivity index (χ4n) is 3.30. The number of carbonyl (C=O) groups is 1. The Hall–Kier alpha value is -3.23. The van der Waals surface area contributed by atoms with Crippen molar-refractivity contribution in [2.24, 2.45) is 16.6 Å². The molecule has 154 valence electrons. The number of anilines is 1. The molecule has 1 unspecified atom stereocenters. The highest BCUT2D eigenvalue weighted by atomic mass is 19.1. The molecule has 9 heteroatoms. The summed E-state index contributed by atoms with van der Waals surface area (Å²) in [6.45, 7) is 3.44. The van der Waals surface area contributed by atoms with E-state index in [0.29, 0.717) is 13.0 Å². The Morgan fingerprint density at radius 1 is 1.21 bits per heavy atom. The van der Waals surface area contributed by atoms with Crippen LogP contribution in [-0.4, -0.2) is 66.5 Å². The molecule has 1 fully saturated rings. The number of aromatic nitrogens is 2. The molecule has 0 aliphatic carbocycles. The van der Waals surface area contributed by atoms with E-state index in [1.54, 1.807) is 37.6 Å². The zero-order valence-corrected chi connectivity index (χ0v) is 16.5. The summed E-state index contributed by atoms with van der Waals surface area (Å²) in [4.78, 5) is 29.1. The average molecular weight is 399 g/mol. The molecule has 3 rings (SSSR count). The van der Waals surface area contributed by atoms with Gasteiger partial charge in [0.1, 0.15) is 5.82 Å². The molecule has 1 amide bonds. The van der Waals surface area contributed by atoms with Crippen LogP contribution in [0.5, 0.6) is 0 Å². The molecule has 1 saturated heterocycles. The van der Waals surface area contributed by atoms with E-state index in [4.69, 9.17) is 5.73 Å². The van der Waals surface area contributed by atoms with E-state index in [0.717, 1.165) is 43.7 Å². The number of aliphatic imine (C=N–C) groups is 1. The lowest BCUT2D eigenvalue weighted by atomic mass is 9.98. The maximum Gasteiger partial charge on any atom is 0.225 e. The Balaban J connectivity index is 1.53. The second kappa shape index (κ2) is 9.81. The minimum atomic E-state index is -0.420. The summed E-state index contributed by atoms with van der Waals surface area (Å²) in [6, 6.07) is 7.91. The minimum absolute atomic E-state index is 0.303. The number of halogens is 1. The van der Waals surface area contributed by atoms with Gasteiger partial charge in [-0.15, -0.1) is 0 Å². The molecule has 1 aliphatic rings. The maximum absolute atomic E-state index is 13.1. The van der Waals surface area contributed by atoms with Crippen LogP contribution in [0.1, 0.15) is 5.56 Å². The van der Waals surface area contributed by atoms with Crippen LogP contribution in [0.2, 0.25) is 0 Å². The van der Waals surface area contributed by atoms with Crippen LogP contribution in [0, 0.1) is 11.7 Å². The van der Waals surface area contributed by atoms with Gasteiger partial charge in [0.05, 0.1) is 5.92 Å². The van der Waals surface area contributed by atoms with Crippen molar-refractivity contribution >= 4 is 17.8 Å². The number of nitrogens with two attached hydrogens (primary N) is 1. The molecule has 0 radical (unpaired) electrons. The van der Waals surface area contributed by atoms with Crippen LogP contribution < -0.4 is 16.0 Å². The van der Waals surface area contributed by atoms with Gasteiger partial charge in [-0.3, -0.25) is 9.79 Å². The van der Waals surface area contributed by atoms with Crippen LogP contribution in [0.3, 0.4) is 0 Å². The number of primary amides is 1. The number of rotatable bonds is 6. The number of hydrogen-bond donors (Lipinski definition) is 2. The summed E-state index contributed by atoms with van der Waals surface area (Å²) < 4.78 is 13.1. The van der Waals surface area contributed by atoms with Crippen LogP contribution in [0.25, 0.3) is 0 Å². The van der Waals surface area contributed by atoms with E-state index >= 15 is 0 Å². The van der Waals surface area contributed by atoms with Gasteiger partial charge >= 0.3 is 0 Å². The first kappa shape index (κ1) is 20.5. The molecule has 3 N–H and O–H groups in total. The van der Waals surface area contributed by atoms with Crippen molar-refractivity contribution in [3.63, 3.8) is 0 Å². The number of guanidine groups is 1. The molecule has 1 aromatic heterocycles. The summed E-state index contributed by atoms with van der Waals surface area (Å²) in [6.07, 6.45) is 3.92. The molecular weight excluding hydrogens is 373 g/mol. The van der Waals surface area contributed by atoms with E-state index < -0.39 is 11.8 Å². The third-order valence-electron chi connectivity index (χ3n) is 4.93. The fourth-order valence-corrected chi connectivity index (χ4v) is 3.30. The fraction of sp³-hybridized carbons (Fsp3) is 0.400. The summed E-state index contributed by atoms with van der Waals surface area (Å²) in [5.41, 5.74) is 6.44. The largest absolute Gasteiger partial charge is 0.369 e. The topological polar surface area (TPSA) is 99.7 Å². The third-order valence-corrected chi connectivity index (χ3v) is 4.93. The molecular formula is C20H26FN7O. The zero-order valence-electron chi connectivity index (χ0n) is 16.5. The maximum atomic E-state index is 13.1. The van der Waals surface area contributed by atoms with Crippen LogP contribution in [0.15, 0.2) is 47.7 Å². The van der Waals surface area contributed by atoms with Crippen molar-refractivity contribution in [1.82, 2.24) is 20.2 Å². The van der Waals surface area contributed by atoms with Gasteiger partial charge in [-0.1, -0.05) is 12.1 Å². The summed E-state index contributed by atoms with van der Waals surface area (Å²) in [5.74, 6) is 0.328. The second-order valence-corrected chi connectivity index (χ2v) is 6.88. The number of nitrogens with zero attached hydrogens (tertiary/aromatic N) is 5. The van der Waals surface area contributed by atoms with Gasteiger partial charge in [0.2, 0.25) is 11.9 Å². The molecule has 29 heavy (non-hydrogen) atoms. The lowest BCUT2D eigenvalue weighted by Gasteiger charge is -2.36. The van der Waals surface area contributed by atoms with Gasteiger partial charge in [0, 0.05) is 52.2 Å². The predicted octanol–water partition coefficient (Wildman–Crippen LogP) is 0.657. The molecule has 2 aromatic rings. The SMILES string of the molecule is CN=C(NCC(Cc1ccc(F)cc1)C(N)=O)N1CCN(c2ncccn2)CC1. The van der Waals surface area contributed by atoms with E-state index in [1.807, 2.05) is 0 Å². The molecule has 0 saturated carbocycles. The van der Waals surface area contributed by atoms with Crippen LogP contribution in [0.4, 0.5) is 10.3 Å². The Kier molecular flexibility index (Phi) is 6.94. The molecule has 1 atom stereocenters. The summed E-state index contributed by atoms with van der Waals surface area (Å²) in [7, 11) is 1.72. The highest BCUT2D eigenvalue weighted by Crippen LogP contribution is 2.12. The van der Waals surface area contributed by atoms with E-state index in [2.05, 4.69) is 30.1 Å². The Morgan fingerprint density at radius 2 is 1.86 bits per heavy atom. The normalized spacial score (nSPS) is 15.9. The van der Waals surface area contributed by atoms with Gasteiger partial charge in [0.15, 0.2) is 5.96 Å². The van der Waals surface area contributed by atoms with Crippen molar-refractivity contribution < 1.29 is 9.18 Å². The van der Waals surface area contributed by atoms with Crippen molar-refractivity contribution in [3.8, 4) is 0 Å². The predicted molar refractivity (Wildman–Crippen MR) is 110 cm³/mol. The molecule has 2 heterocycles. The molecule has 1 aromatic carbocycles. The van der Waals surface area contributed by atoms with Gasteiger partial charge in [-0.2, -0.15) is 0 Å². The molecule has 8 nitrogen and oxygen atoms in total. The number of nitrogens with one attached hydrogen (secondary N) is 1. The first-order valence-corrected chi connectivity index (χ1v) is 9.58. The highest BCUT2D eigenvalue weighted by Gasteiger charge is 2.23. The Labute approximate surface area is 169 Å². The minimum Gasteiger partial charge on any atom is -0.369 e.